The molecule has 2 atom stereocenters. The number of carbonyl (C=O) groups excluding carboxylic acids is 3. The second-order valence-electron chi connectivity index (χ2n) is 9.35. The monoisotopic (exact) mass is 503 g/mol. The molecule has 3 rings (SSSR count). The van der Waals surface area contributed by atoms with E-state index < -0.39 is 29.7 Å². The molecule has 8 nitrogen and oxygen atoms in total. The van der Waals surface area contributed by atoms with Gasteiger partial charge in [0.25, 0.3) is 0 Å². The fourth-order valence-electron chi connectivity index (χ4n) is 4.05. The number of nitrogens with one attached hydrogen (secondary N) is 3. The first-order chi connectivity index (χ1) is 17.6. The third-order valence-electron chi connectivity index (χ3n) is 6.15. The lowest BCUT2D eigenvalue weighted by Crippen LogP contribution is -2.45. The summed E-state index contributed by atoms with van der Waals surface area (Å²) in [7, 11) is 0. The van der Waals surface area contributed by atoms with E-state index in [0.29, 0.717) is 5.57 Å². The van der Waals surface area contributed by atoms with Crippen LogP contribution in [0.2, 0.25) is 0 Å². The Balaban J connectivity index is 1.79. The second kappa shape index (κ2) is 12.1. The van der Waals surface area contributed by atoms with E-state index in [1.807, 2.05) is 60.7 Å². The van der Waals surface area contributed by atoms with Gasteiger partial charge < -0.3 is 20.8 Å². The van der Waals surface area contributed by atoms with Gasteiger partial charge in [-0.2, -0.15) is 0 Å². The van der Waals surface area contributed by atoms with Crippen molar-refractivity contribution in [2.24, 2.45) is 5.92 Å². The molecule has 0 unspecified atom stereocenters. The Bertz CT molecular complexity index is 1280. The standard InChI is InChI=1S/C29H33N3O5/c1-17(2)25(26(34)24-19(4)28(36)32-29(24)37)31-23(33)16-22(21-13-9-6-10-14-21)30-27(35)18(3)15-20-11-7-5-8-12-20/h5-15,17,22,25,32,36-37H,16H2,1-4H3,(H,30,35)(H,31,33)/t22-,25-/m0/s1. The Labute approximate surface area is 216 Å². The minimum atomic E-state index is -0.945. The molecule has 0 aliphatic carbocycles. The molecule has 2 amide bonds. The van der Waals surface area contributed by atoms with E-state index >= 15 is 0 Å². The number of hydrogen-bond donors (Lipinski definition) is 5. The van der Waals surface area contributed by atoms with Gasteiger partial charge in [-0.3, -0.25) is 19.4 Å². The summed E-state index contributed by atoms with van der Waals surface area (Å²) in [6.07, 6.45) is 1.67. The minimum Gasteiger partial charge on any atom is -0.494 e. The van der Waals surface area contributed by atoms with Crippen LogP contribution in [0.3, 0.4) is 0 Å². The highest BCUT2D eigenvalue weighted by atomic mass is 16.3. The summed E-state index contributed by atoms with van der Waals surface area (Å²) in [6.45, 7) is 6.76. The van der Waals surface area contributed by atoms with Crippen LogP contribution < -0.4 is 10.6 Å². The number of ketones is 1. The molecule has 0 saturated carbocycles. The third-order valence-corrected chi connectivity index (χ3v) is 6.15. The predicted octanol–water partition coefficient (Wildman–Crippen LogP) is 4.41. The molecule has 5 N–H and O–H groups in total. The van der Waals surface area contributed by atoms with Crippen molar-refractivity contribution in [2.75, 3.05) is 0 Å². The van der Waals surface area contributed by atoms with Crippen molar-refractivity contribution >= 4 is 23.7 Å². The number of benzene rings is 2. The molecule has 8 heteroatoms. The number of carbonyl (C=O) groups is 3. The number of amides is 2. The van der Waals surface area contributed by atoms with Gasteiger partial charge in [-0.1, -0.05) is 74.5 Å². The van der Waals surface area contributed by atoms with Crippen molar-refractivity contribution in [3.63, 3.8) is 0 Å². The maximum absolute atomic E-state index is 13.2. The van der Waals surface area contributed by atoms with Crippen LogP contribution in [0.15, 0.2) is 66.2 Å². The van der Waals surface area contributed by atoms with Gasteiger partial charge in [0, 0.05) is 11.1 Å². The van der Waals surface area contributed by atoms with Gasteiger partial charge in [-0.05, 0) is 37.0 Å². The van der Waals surface area contributed by atoms with E-state index in [4.69, 9.17) is 0 Å². The SMILES string of the molecule is CC(=Cc1ccccc1)C(=O)N[C@@H](CC(=O)N[C@H](C(=O)c1c(O)[nH]c(O)c1C)C(C)C)c1ccccc1. The summed E-state index contributed by atoms with van der Waals surface area (Å²) in [5, 5.41) is 25.6. The zero-order valence-electron chi connectivity index (χ0n) is 21.4. The zero-order valence-corrected chi connectivity index (χ0v) is 21.4. The lowest BCUT2D eigenvalue weighted by Gasteiger charge is -2.24. The number of H-pyrrole nitrogens is 1. The van der Waals surface area contributed by atoms with Crippen LogP contribution in [-0.4, -0.2) is 38.8 Å². The number of Topliss-reactive ketones (excluding diaryl/α,β-unsaturated/α-hetero) is 1. The molecule has 0 bridgehead atoms. The molecular weight excluding hydrogens is 470 g/mol. The molecule has 0 radical (unpaired) electrons. The largest absolute Gasteiger partial charge is 0.494 e. The molecule has 2 aromatic carbocycles. The Morgan fingerprint density at radius 1 is 0.919 bits per heavy atom. The van der Waals surface area contributed by atoms with Crippen LogP contribution in [-0.2, 0) is 9.59 Å². The molecule has 0 aliphatic rings. The summed E-state index contributed by atoms with van der Waals surface area (Å²) in [6, 6.07) is 17.0. The lowest BCUT2D eigenvalue weighted by atomic mass is 9.93. The lowest BCUT2D eigenvalue weighted by molar-refractivity contribution is -0.123. The normalized spacial score (nSPS) is 13.2. The highest BCUT2D eigenvalue weighted by Gasteiger charge is 2.31. The molecule has 194 valence electrons. The van der Waals surface area contributed by atoms with E-state index in [2.05, 4.69) is 15.6 Å². The number of rotatable bonds is 10. The van der Waals surface area contributed by atoms with Crippen molar-refractivity contribution in [1.82, 2.24) is 15.6 Å². The third kappa shape index (κ3) is 6.88. The molecule has 0 saturated heterocycles. The highest BCUT2D eigenvalue weighted by molar-refractivity contribution is 6.05. The number of aromatic amines is 1. The highest BCUT2D eigenvalue weighted by Crippen LogP contribution is 2.30. The van der Waals surface area contributed by atoms with Crippen molar-refractivity contribution in [3.8, 4) is 11.8 Å². The topological polar surface area (TPSA) is 132 Å². The molecule has 37 heavy (non-hydrogen) atoms. The smallest absolute Gasteiger partial charge is 0.247 e. The van der Waals surface area contributed by atoms with E-state index in [9.17, 15) is 24.6 Å². The first-order valence-electron chi connectivity index (χ1n) is 12.1. The van der Waals surface area contributed by atoms with Crippen molar-refractivity contribution in [3.05, 3.63) is 88.5 Å². The van der Waals surface area contributed by atoms with Gasteiger partial charge in [0.1, 0.15) is 0 Å². The van der Waals surface area contributed by atoms with Gasteiger partial charge in [-0.15, -0.1) is 0 Å². The van der Waals surface area contributed by atoms with Gasteiger partial charge >= 0.3 is 0 Å². The predicted molar refractivity (Wildman–Crippen MR) is 142 cm³/mol. The Kier molecular flexibility index (Phi) is 8.90. The number of aromatic hydroxyl groups is 2. The van der Waals surface area contributed by atoms with E-state index in [-0.39, 0.29) is 35.3 Å². The van der Waals surface area contributed by atoms with Gasteiger partial charge in [-0.25, -0.2) is 0 Å². The van der Waals surface area contributed by atoms with E-state index in [1.54, 1.807) is 26.8 Å². The molecule has 3 aromatic rings. The fraction of sp³-hybridized carbons (Fsp3) is 0.276. The maximum atomic E-state index is 13.2. The summed E-state index contributed by atoms with van der Waals surface area (Å²) in [4.78, 5) is 41.7. The van der Waals surface area contributed by atoms with Crippen LogP contribution in [0.5, 0.6) is 11.8 Å². The van der Waals surface area contributed by atoms with Crippen LogP contribution in [0, 0.1) is 12.8 Å². The molecule has 0 fully saturated rings. The van der Waals surface area contributed by atoms with Crippen LogP contribution in [0.1, 0.15) is 60.3 Å². The molecule has 0 spiro atoms. The summed E-state index contributed by atoms with van der Waals surface area (Å²) < 4.78 is 0. The number of hydrogen-bond acceptors (Lipinski definition) is 5. The Hall–Kier alpha value is -4.33. The quantitative estimate of drug-likeness (QED) is 0.207. The van der Waals surface area contributed by atoms with Crippen LogP contribution >= 0.6 is 0 Å². The Morgan fingerprint density at radius 3 is 2.05 bits per heavy atom. The summed E-state index contributed by atoms with van der Waals surface area (Å²) in [5.74, 6) is -2.33. The molecule has 1 aromatic heterocycles. The molecule has 1 heterocycles. The number of aromatic nitrogens is 1. The van der Waals surface area contributed by atoms with E-state index in [1.165, 1.54) is 6.92 Å². The van der Waals surface area contributed by atoms with Crippen molar-refractivity contribution < 1.29 is 24.6 Å². The van der Waals surface area contributed by atoms with Crippen molar-refractivity contribution in [2.45, 2.75) is 46.2 Å². The summed E-state index contributed by atoms with van der Waals surface area (Å²) >= 11 is 0. The van der Waals surface area contributed by atoms with Gasteiger partial charge in [0.2, 0.25) is 17.7 Å². The molecular formula is C29H33N3O5. The average molecular weight is 504 g/mol. The van der Waals surface area contributed by atoms with Crippen molar-refractivity contribution in [1.29, 1.82) is 0 Å². The summed E-state index contributed by atoms with van der Waals surface area (Å²) in [5.41, 5.74) is 2.26. The van der Waals surface area contributed by atoms with E-state index in [0.717, 1.165) is 11.1 Å². The average Bonchev–Trinajstić information content (AvgIpc) is 3.13. The van der Waals surface area contributed by atoms with Gasteiger partial charge in [0.15, 0.2) is 11.7 Å². The first kappa shape index (κ1) is 27.3. The minimum absolute atomic E-state index is 0.0638. The maximum Gasteiger partial charge on any atom is 0.247 e. The first-order valence-corrected chi connectivity index (χ1v) is 12.1. The fourth-order valence-corrected chi connectivity index (χ4v) is 4.05. The second-order valence-corrected chi connectivity index (χ2v) is 9.35. The van der Waals surface area contributed by atoms with Crippen LogP contribution in [0.4, 0.5) is 0 Å². The Morgan fingerprint density at radius 2 is 1.51 bits per heavy atom. The molecule has 0 aliphatic heterocycles. The van der Waals surface area contributed by atoms with Crippen LogP contribution in [0.25, 0.3) is 6.08 Å². The zero-order chi connectivity index (χ0) is 27.1. The van der Waals surface area contributed by atoms with Gasteiger partial charge in [0.05, 0.1) is 24.1 Å².